The first-order valence-electron chi connectivity index (χ1n) is 4.97. The van der Waals surface area contributed by atoms with Crippen molar-refractivity contribution in [3.8, 4) is 0 Å². The van der Waals surface area contributed by atoms with Crippen molar-refractivity contribution in [2.75, 3.05) is 5.73 Å². The molecule has 0 aliphatic carbocycles. The Morgan fingerprint density at radius 3 is 3.00 bits per heavy atom. The van der Waals surface area contributed by atoms with E-state index >= 15 is 0 Å². The summed E-state index contributed by atoms with van der Waals surface area (Å²) in [5, 5.41) is 7.75. The van der Waals surface area contributed by atoms with Crippen molar-refractivity contribution >= 4 is 29.1 Å². The number of rotatable bonds is 3. The van der Waals surface area contributed by atoms with Crippen LogP contribution in [0.25, 0.3) is 0 Å². The quantitative estimate of drug-likeness (QED) is 0.494. The molecule has 3 N–H and O–H groups in total. The molecule has 0 spiro atoms. The predicted molar refractivity (Wildman–Crippen MR) is 70.2 cm³/mol. The van der Waals surface area contributed by atoms with Gasteiger partial charge in [0.1, 0.15) is 0 Å². The van der Waals surface area contributed by atoms with E-state index in [0.717, 1.165) is 5.56 Å². The standard InChI is InChI=1S/C12H11N3OS/c13-11-3-1-2-10(6-11)12(16)15-14-7-9-4-5-17-8-9/h1-8H,13H2,(H,15,16)/b14-7-. The smallest absolute Gasteiger partial charge is 0.271 e. The number of amides is 1. The van der Waals surface area contributed by atoms with Crippen LogP contribution in [0.5, 0.6) is 0 Å². The molecule has 0 bridgehead atoms. The Hall–Kier alpha value is -2.14. The van der Waals surface area contributed by atoms with Crippen molar-refractivity contribution < 1.29 is 4.79 Å². The third-order valence-corrected chi connectivity index (χ3v) is 2.77. The highest BCUT2D eigenvalue weighted by Crippen LogP contribution is 2.06. The summed E-state index contributed by atoms with van der Waals surface area (Å²) >= 11 is 1.58. The highest BCUT2D eigenvalue weighted by molar-refractivity contribution is 7.08. The number of nitrogens with zero attached hydrogens (tertiary/aromatic N) is 1. The second-order valence-corrected chi connectivity index (χ2v) is 4.16. The van der Waals surface area contributed by atoms with Gasteiger partial charge in [-0.25, -0.2) is 5.43 Å². The van der Waals surface area contributed by atoms with Gasteiger partial charge in [0.15, 0.2) is 0 Å². The van der Waals surface area contributed by atoms with Gasteiger partial charge in [0, 0.05) is 16.8 Å². The van der Waals surface area contributed by atoms with Gasteiger partial charge in [0.05, 0.1) is 6.21 Å². The fourth-order valence-electron chi connectivity index (χ4n) is 1.26. The number of carbonyl (C=O) groups is 1. The van der Waals surface area contributed by atoms with Gasteiger partial charge in [-0.05, 0) is 35.0 Å². The lowest BCUT2D eigenvalue weighted by molar-refractivity contribution is 0.0955. The van der Waals surface area contributed by atoms with Crippen LogP contribution in [-0.4, -0.2) is 12.1 Å². The van der Waals surface area contributed by atoms with E-state index in [1.54, 1.807) is 41.8 Å². The Morgan fingerprint density at radius 2 is 2.29 bits per heavy atom. The SMILES string of the molecule is Nc1cccc(C(=O)N/N=C\c2ccsc2)c1. The average molecular weight is 245 g/mol. The fourth-order valence-corrected chi connectivity index (χ4v) is 1.87. The molecule has 0 fully saturated rings. The van der Waals surface area contributed by atoms with Crippen LogP contribution in [0.3, 0.4) is 0 Å². The van der Waals surface area contributed by atoms with Crippen LogP contribution in [-0.2, 0) is 0 Å². The fraction of sp³-hybridized carbons (Fsp3) is 0. The molecule has 4 nitrogen and oxygen atoms in total. The van der Waals surface area contributed by atoms with E-state index in [0.29, 0.717) is 11.3 Å². The molecular formula is C12H11N3OS. The van der Waals surface area contributed by atoms with E-state index in [2.05, 4.69) is 10.5 Å². The first-order valence-corrected chi connectivity index (χ1v) is 5.91. The van der Waals surface area contributed by atoms with E-state index in [1.807, 2.05) is 16.8 Å². The van der Waals surface area contributed by atoms with Gasteiger partial charge in [-0.1, -0.05) is 6.07 Å². The Labute approximate surface area is 103 Å². The number of benzene rings is 1. The number of nitrogens with one attached hydrogen (secondary N) is 1. The van der Waals surface area contributed by atoms with Gasteiger partial charge in [0.25, 0.3) is 5.91 Å². The van der Waals surface area contributed by atoms with Gasteiger partial charge >= 0.3 is 0 Å². The number of hydrogen-bond acceptors (Lipinski definition) is 4. The molecule has 0 aliphatic rings. The summed E-state index contributed by atoms with van der Waals surface area (Å²) in [6, 6.07) is 8.67. The third kappa shape index (κ3) is 3.15. The van der Waals surface area contributed by atoms with Crippen molar-refractivity contribution in [3.05, 3.63) is 52.2 Å². The summed E-state index contributed by atoms with van der Waals surface area (Å²) in [4.78, 5) is 11.6. The molecule has 1 aromatic carbocycles. The molecule has 1 aromatic heterocycles. The van der Waals surface area contributed by atoms with Gasteiger partial charge in [0.2, 0.25) is 0 Å². The number of hydrazone groups is 1. The van der Waals surface area contributed by atoms with Crippen LogP contribution < -0.4 is 11.2 Å². The molecule has 2 rings (SSSR count). The zero-order valence-electron chi connectivity index (χ0n) is 8.96. The number of carbonyl (C=O) groups excluding carboxylic acids is 1. The molecule has 5 heteroatoms. The van der Waals surface area contributed by atoms with Crippen LogP contribution in [0.1, 0.15) is 15.9 Å². The number of nitrogens with two attached hydrogens (primary N) is 1. The zero-order chi connectivity index (χ0) is 12.1. The normalized spacial score (nSPS) is 10.6. The topological polar surface area (TPSA) is 67.5 Å². The number of thiophene rings is 1. The molecule has 17 heavy (non-hydrogen) atoms. The minimum Gasteiger partial charge on any atom is -0.399 e. The Balaban J connectivity index is 1.98. The first kappa shape index (κ1) is 11.3. The lowest BCUT2D eigenvalue weighted by Gasteiger charge is -2.00. The summed E-state index contributed by atoms with van der Waals surface area (Å²) in [6.45, 7) is 0. The predicted octanol–water partition coefficient (Wildman–Crippen LogP) is 2.09. The van der Waals surface area contributed by atoms with Crippen molar-refractivity contribution in [1.29, 1.82) is 0 Å². The van der Waals surface area contributed by atoms with Crippen molar-refractivity contribution in [3.63, 3.8) is 0 Å². The third-order valence-electron chi connectivity index (χ3n) is 2.07. The van der Waals surface area contributed by atoms with Gasteiger partial charge in [-0.3, -0.25) is 4.79 Å². The van der Waals surface area contributed by atoms with Crippen LogP contribution in [0.2, 0.25) is 0 Å². The average Bonchev–Trinajstić information content (AvgIpc) is 2.82. The summed E-state index contributed by atoms with van der Waals surface area (Å²) in [5.41, 5.74) is 10.0. The molecule has 0 saturated carbocycles. The second kappa shape index (κ2) is 5.27. The minimum absolute atomic E-state index is 0.274. The van der Waals surface area contributed by atoms with E-state index in [-0.39, 0.29) is 5.91 Å². The number of anilines is 1. The molecule has 0 radical (unpaired) electrons. The van der Waals surface area contributed by atoms with Crippen LogP contribution in [0, 0.1) is 0 Å². The van der Waals surface area contributed by atoms with E-state index in [4.69, 9.17) is 5.73 Å². The minimum atomic E-state index is -0.274. The van der Waals surface area contributed by atoms with E-state index < -0.39 is 0 Å². The Morgan fingerprint density at radius 1 is 1.41 bits per heavy atom. The van der Waals surface area contributed by atoms with E-state index in [9.17, 15) is 4.79 Å². The lowest BCUT2D eigenvalue weighted by atomic mass is 10.2. The molecule has 0 aliphatic heterocycles. The maximum atomic E-state index is 11.6. The number of hydrogen-bond donors (Lipinski definition) is 2. The first-order chi connectivity index (χ1) is 8.25. The van der Waals surface area contributed by atoms with Crippen LogP contribution in [0.4, 0.5) is 5.69 Å². The summed E-state index contributed by atoms with van der Waals surface area (Å²) in [5.74, 6) is -0.274. The lowest BCUT2D eigenvalue weighted by Crippen LogP contribution is -2.17. The summed E-state index contributed by atoms with van der Waals surface area (Å²) in [6.07, 6.45) is 1.60. The Kier molecular flexibility index (Phi) is 3.52. The molecule has 1 heterocycles. The zero-order valence-corrected chi connectivity index (χ0v) is 9.78. The molecule has 86 valence electrons. The van der Waals surface area contributed by atoms with Crippen molar-refractivity contribution in [2.45, 2.75) is 0 Å². The second-order valence-electron chi connectivity index (χ2n) is 3.38. The Bertz CT molecular complexity index is 534. The van der Waals surface area contributed by atoms with Gasteiger partial charge in [-0.15, -0.1) is 0 Å². The van der Waals surface area contributed by atoms with Gasteiger partial charge < -0.3 is 5.73 Å². The van der Waals surface area contributed by atoms with E-state index in [1.165, 1.54) is 0 Å². The van der Waals surface area contributed by atoms with Crippen LogP contribution in [0.15, 0.2) is 46.2 Å². The highest BCUT2D eigenvalue weighted by Gasteiger charge is 2.03. The maximum Gasteiger partial charge on any atom is 0.271 e. The molecule has 2 aromatic rings. The molecule has 0 saturated heterocycles. The largest absolute Gasteiger partial charge is 0.399 e. The molecular weight excluding hydrogens is 234 g/mol. The monoisotopic (exact) mass is 245 g/mol. The van der Waals surface area contributed by atoms with Crippen molar-refractivity contribution in [2.24, 2.45) is 5.10 Å². The van der Waals surface area contributed by atoms with Gasteiger partial charge in [-0.2, -0.15) is 16.4 Å². The van der Waals surface area contributed by atoms with Crippen molar-refractivity contribution in [1.82, 2.24) is 5.43 Å². The number of nitrogen functional groups attached to an aromatic ring is 1. The summed E-state index contributed by atoms with van der Waals surface area (Å²) in [7, 11) is 0. The maximum absolute atomic E-state index is 11.6. The highest BCUT2D eigenvalue weighted by atomic mass is 32.1. The summed E-state index contributed by atoms with van der Waals surface area (Å²) < 4.78 is 0. The molecule has 0 atom stereocenters. The van der Waals surface area contributed by atoms with Crippen LogP contribution >= 0.6 is 11.3 Å². The molecule has 0 unspecified atom stereocenters. The molecule has 1 amide bonds.